The van der Waals surface area contributed by atoms with Crippen LogP contribution in [-0.2, 0) is 13.0 Å². The van der Waals surface area contributed by atoms with Crippen molar-refractivity contribution in [2.75, 3.05) is 24.7 Å². The highest BCUT2D eigenvalue weighted by molar-refractivity contribution is 5.83. The van der Waals surface area contributed by atoms with Gasteiger partial charge in [0.05, 0.1) is 12.1 Å². The first-order valence-corrected chi connectivity index (χ1v) is 12.5. The minimum absolute atomic E-state index is 0.236. The second-order valence-electron chi connectivity index (χ2n) is 9.43. The summed E-state index contributed by atoms with van der Waals surface area (Å²) in [7, 11) is 0. The lowest BCUT2D eigenvalue weighted by atomic mass is 10.0. The van der Waals surface area contributed by atoms with Crippen LogP contribution in [0.2, 0.25) is 0 Å². The molecule has 2 aliphatic rings. The van der Waals surface area contributed by atoms with Gasteiger partial charge in [-0.1, -0.05) is 30.3 Å². The number of nitrogens with zero attached hydrogens (tertiary/aromatic N) is 5. The van der Waals surface area contributed by atoms with Gasteiger partial charge in [0, 0.05) is 29.2 Å². The molecule has 0 saturated heterocycles. The van der Waals surface area contributed by atoms with Crippen LogP contribution in [0, 0.1) is 5.82 Å². The number of para-hydroxylation sites is 1. The monoisotopic (exact) mass is 510 g/mol. The van der Waals surface area contributed by atoms with E-state index in [4.69, 9.17) is 9.47 Å². The van der Waals surface area contributed by atoms with Gasteiger partial charge >= 0.3 is 0 Å². The van der Waals surface area contributed by atoms with Crippen molar-refractivity contribution >= 4 is 16.6 Å². The third-order valence-corrected chi connectivity index (χ3v) is 7.11. The molecule has 10 heteroatoms. The van der Waals surface area contributed by atoms with Gasteiger partial charge in [-0.3, -0.25) is 4.79 Å². The number of aromatic nitrogens is 5. The Balaban J connectivity index is 1.38. The van der Waals surface area contributed by atoms with E-state index in [0.717, 1.165) is 23.1 Å². The molecule has 0 spiro atoms. The fourth-order valence-corrected chi connectivity index (χ4v) is 5.32. The maximum Gasteiger partial charge on any atom is 0.254 e. The van der Waals surface area contributed by atoms with Gasteiger partial charge in [-0.15, -0.1) is 5.10 Å². The second-order valence-corrected chi connectivity index (χ2v) is 9.43. The van der Waals surface area contributed by atoms with Gasteiger partial charge in [0.25, 0.3) is 5.56 Å². The Morgan fingerprint density at radius 3 is 2.63 bits per heavy atom. The van der Waals surface area contributed by atoms with Crippen LogP contribution in [0.4, 0.5) is 10.1 Å². The molecule has 2 aliphatic heterocycles. The summed E-state index contributed by atoms with van der Waals surface area (Å²) in [6.07, 6.45) is 0.844. The van der Waals surface area contributed by atoms with Gasteiger partial charge < -0.3 is 19.4 Å². The van der Waals surface area contributed by atoms with Crippen LogP contribution in [0.5, 0.6) is 11.5 Å². The molecule has 5 aromatic rings. The van der Waals surface area contributed by atoms with E-state index >= 15 is 0 Å². The maximum atomic E-state index is 13.6. The third kappa shape index (κ3) is 3.85. The molecule has 0 fully saturated rings. The second kappa shape index (κ2) is 8.98. The summed E-state index contributed by atoms with van der Waals surface area (Å²) in [4.78, 5) is 18.9. The number of pyridine rings is 1. The van der Waals surface area contributed by atoms with Crippen LogP contribution in [-0.4, -0.2) is 44.9 Å². The van der Waals surface area contributed by atoms with Crippen LogP contribution >= 0.6 is 0 Å². The van der Waals surface area contributed by atoms with E-state index in [9.17, 15) is 9.18 Å². The number of benzene rings is 3. The number of aromatic amines is 1. The van der Waals surface area contributed by atoms with E-state index in [1.54, 1.807) is 22.9 Å². The number of hydrogen-bond acceptors (Lipinski definition) is 7. The van der Waals surface area contributed by atoms with Crippen molar-refractivity contribution in [1.29, 1.82) is 0 Å². The Hall–Kier alpha value is -4.73. The van der Waals surface area contributed by atoms with Crippen molar-refractivity contribution in [3.8, 4) is 11.5 Å². The maximum absolute atomic E-state index is 13.6. The highest BCUT2D eigenvalue weighted by Gasteiger charge is 2.34. The molecule has 2 aromatic heterocycles. The number of fused-ring (bicyclic) bond motifs is 3. The van der Waals surface area contributed by atoms with E-state index in [2.05, 4.69) is 37.5 Å². The SMILES string of the molecule is O=c1[nH]c2cc3c(cc2cc1[C@H](c1nnnn1Cc1ccc(F)cc1)N1CCc2ccccc21)OCCO3. The smallest absolute Gasteiger partial charge is 0.254 e. The van der Waals surface area contributed by atoms with Gasteiger partial charge in [0.15, 0.2) is 17.3 Å². The number of tetrazole rings is 1. The van der Waals surface area contributed by atoms with E-state index < -0.39 is 6.04 Å². The predicted octanol–water partition coefficient (Wildman–Crippen LogP) is 3.63. The van der Waals surface area contributed by atoms with Crippen molar-refractivity contribution in [2.24, 2.45) is 0 Å². The number of rotatable bonds is 5. The first kappa shape index (κ1) is 22.5. The molecular weight excluding hydrogens is 487 g/mol. The fraction of sp³-hybridized carbons (Fsp3) is 0.214. The molecule has 1 atom stereocenters. The molecule has 0 amide bonds. The Morgan fingerprint density at radius 2 is 1.79 bits per heavy atom. The van der Waals surface area contributed by atoms with E-state index in [-0.39, 0.29) is 11.4 Å². The summed E-state index contributed by atoms with van der Waals surface area (Å²) in [6.45, 7) is 1.97. The van der Waals surface area contributed by atoms with E-state index in [1.165, 1.54) is 17.7 Å². The highest BCUT2D eigenvalue weighted by Crippen LogP contribution is 2.39. The lowest BCUT2D eigenvalue weighted by Gasteiger charge is -2.29. The van der Waals surface area contributed by atoms with Crippen LogP contribution in [0.15, 0.2) is 71.5 Å². The molecule has 4 heterocycles. The lowest BCUT2D eigenvalue weighted by Crippen LogP contribution is -2.34. The normalized spacial score (nSPS) is 15.0. The summed E-state index contributed by atoms with van der Waals surface area (Å²) in [6, 6.07) is 19.4. The van der Waals surface area contributed by atoms with Crippen LogP contribution in [0.3, 0.4) is 0 Å². The first-order chi connectivity index (χ1) is 18.6. The van der Waals surface area contributed by atoms with Crippen molar-refractivity contribution in [3.63, 3.8) is 0 Å². The Morgan fingerprint density at radius 1 is 1.00 bits per heavy atom. The quantitative estimate of drug-likeness (QED) is 0.386. The van der Waals surface area contributed by atoms with Crippen LogP contribution in [0.25, 0.3) is 10.9 Å². The van der Waals surface area contributed by atoms with Crippen molar-refractivity contribution in [1.82, 2.24) is 25.2 Å². The number of hydrogen-bond donors (Lipinski definition) is 1. The molecule has 0 unspecified atom stereocenters. The lowest BCUT2D eigenvalue weighted by molar-refractivity contribution is 0.172. The van der Waals surface area contributed by atoms with Gasteiger partial charge in [-0.05, 0) is 58.3 Å². The zero-order valence-electron chi connectivity index (χ0n) is 20.3. The molecule has 1 N–H and O–H groups in total. The van der Waals surface area contributed by atoms with Crippen molar-refractivity contribution < 1.29 is 13.9 Å². The summed E-state index contributed by atoms with van der Waals surface area (Å²) >= 11 is 0. The number of anilines is 1. The molecule has 0 bridgehead atoms. The van der Waals surface area contributed by atoms with Gasteiger partial charge in [0.2, 0.25) is 0 Å². The average Bonchev–Trinajstić information content (AvgIpc) is 3.57. The van der Waals surface area contributed by atoms with E-state index in [0.29, 0.717) is 54.7 Å². The van der Waals surface area contributed by atoms with Gasteiger partial charge in [0.1, 0.15) is 25.1 Å². The number of nitrogens with one attached hydrogen (secondary N) is 1. The topological polar surface area (TPSA) is 98.2 Å². The summed E-state index contributed by atoms with van der Waals surface area (Å²) < 4.78 is 26.7. The molecule has 0 radical (unpaired) electrons. The Bertz CT molecular complexity index is 1710. The fourth-order valence-electron chi connectivity index (χ4n) is 5.32. The van der Waals surface area contributed by atoms with Crippen LogP contribution in [0.1, 0.15) is 28.6 Å². The molecular formula is C28H23FN6O3. The molecule has 38 heavy (non-hydrogen) atoms. The summed E-state index contributed by atoms with van der Waals surface area (Å²) in [5.41, 5.74) is 4.02. The highest BCUT2D eigenvalue weighted by atomic mass is 19.1. The molecule has 9 nitrogen and oxygen atoms in total. The van der Waals surface area contributed by atoms with Gasteiger partial charge in [-0.2, -0.15) is 0 Å². The van der Waals surface area contributed by atoms with Crippen molar-refractivity contribution in [3.05, 3.63) is 105 Å². The molecule has 7 rings (SSSR count). The van der Waals surface area contributed by atoms with Gasteiger partial charge in [-0.25, -0.2) is 9.07 Å². The third-order valence-electron chi connectivity index (χ3n) is 7.11. The zero-order chi connectivity index (χ0) is 25.6. The molecule has 3 aromatic carbocycles. The Labute approximate surface area is 216 Å². The summed E-state index contributed by atoms with van der Waals surface area (Å²) in [5.74, 6) is 1.47. The predicted molar refractivity (Wildman–Crippen MR) is 138 cm³/mol. The molecule has 0 saturated carbocycles. The molecule has 190 valence electrons. The first-order valence-electron chi connectivity index (χ1n) is 12.5. The number of halogens is 1. The number of H-pyrrole nitrogens is 1. The average molecular weight is 511 g/mol. The van der Waals surface area contributed by atoms with E-state index in [1.807, 2.05) is 24.3 Å². The Kier molecular flexibility index (Phi) is 5.31. The van der Waals surface area contributed by atoms with Crippen LogP contribution < -0.4 is 19.9 Å². The minimum Gasteiger partial charge on any atom is -0.486 e. The minimum atomic E-state index is -0.560. The summed E-state index contributed by atoms with van der Waals surface area (Å²) in [5, 5.41) is 13.4. The standard InChI is InChI=1S/C28H23FN6O3/c29-20-7-5-17(6-8-20)16-35-27(31-32-33-35)26(34-10-9-18-3-1-2-4-23(18)34)21-13-19-14-24-25(38-12-11-37-24)15-22(19)30-28(21)36/h1-8,13-15,26H,9-12,16H2,(H,30,36)/t26-/m1/s1. The zero-order valence-corrected chi connectivity index (χ0v) is 20.3. The largest absolute Gasteiger partial charge is 0.486 e. The van der Waals surface area contributed by atoms with Crippen molar-refractivity contribution in [2.45, 2.75) is 19.0 Å². The molecule has 0 aliphatic carbocycles. The number of ether oxygens (including phenoxy) is 2.